The molecule has 29 heavy (non-hydrogen) atoms. The monoisotopic (exact) mass is 424 g/mol. The summed E-state index contributed by atoms with van der Waals surface area (Å²) in [5.41, 5.74) is -0.720. The van der Waals surface area contributed by atoms with E-state index in [4.69, 9.17) is 24.6 Å². The van der Waals surface area contributed by atoms with Crippen molar-refractivity contribution in [3.63, 3.8) is 0 Å². The van der Waals surface area contributed by atoms with Crippen LogP contribution in [0.5, 0.6) is 5.75 Å². The van der Waals surface area contributed by atoms with Crippen molar-refractivity contribution in [1.29, 1.82) is 5.26 Å². The largest absolute Gasteiger partial charge is 0.506 e. The average Bonchev–Trinajstić information content (AvgIpc) is 2.68. The van der Waals surface area contributed by atoms with Crippen LogP contribution in [0, 0.1) is 11.3 Å². The molecular weight excluding hydrogens is 400 g/mol. The van der Waals surface area contributed by atoms with Gasteiger partial charge < -0.3 is 19.3 Å². The summed E-state index contributed by atoms with van der Waals surface area (Å²) < 4.78 is 43.3. The summed E-state index contributed by atoms with van der Waals surface area (Å²) in [6, 6.07) is 8.83. The van der Waals surface area contributed by atoms with Gasteiger partial charge in [-0.3, -0.25) is 0 Å². The van der Waals surface area contributed by atoms with Gasteiger partial charge in [0.15, 0.2) is 0 Å². The molecule has 2 aliphatic rings. The van der Waals surface area contributed by atoms with Crippen molar-refractivity contribution >= 4 is 16.2 Å². The van der Waals surface area contributed by atoms with Gasteiger partial charge in [-0.15, -0.1) is 0 Å². The lowest BCUT2D eigenvalue weighted by atomic mass is 9.96. The molecule has 2 aliphatic heterocycles. The molecule has 0 atom stereocenters. The fourth-order valence-electron chi connectivity index (χ4n) is 3.66. The van der Waals surface area contributed by atoms with Crippen LogP contribution in [0.15, 0.2) is 24.3 Å². The molecule has 1 aromatic carbocycles. The number of carbonyl (C=O) groups is 1. The molecule has 0 aromatic heterocycles. The summed E-state index contributed by atoms with van der Waals surface area (Å²) in [6.45, 7) is 1.12. The SMILES string of the molecule is N#Cc1ccc(OC2CCN(S(=O)(=O)CC3(OC(=O)O)CCOCC3)CC2)cc1. The highest BCUT2D eigenvalue weighted by Crippen LogP contribution is 2.30. The Kier molecular flexibility index (Phi) is 6.62. The van der Waals surface area contributed by atoms with Crippen molar-refractivity contribution in [3.05, 3.63) is 29.8 Å². The van der Waals surface area contributed by atoms with Crippen LogP contribution in [0.2, 0.25) is 0 Å². The number of ether oxygens (including phenoxy) is 3. The maximum absolute atomic E-state index is 12.9. The summed E-state index contributed by atoms with van der Waals surface area (Å²) in [5.74, 6) is 0.262. The van der Waals surface area contributed by atoms with E-state index in [1.807, 2.05) is 6.07 Å². The van der Waals surface area contributed by atoms with Crippen molar-refractivity contribution in [2.45, 2.75) is 37.4 Å². The summed E-state index contributed by atoms with van der Waals surface area (Å²) in [4.78, 5) is 11.1. The molecule has 10 heteroatoms. The van der Waals surface area contributed by atoms with Crippen LogP contribution in [0.1, 0.15) is 31.2 Å². The summed E-state index contributed by atoms with van der Waals surface area (Å²) in [6.07, 6.45) is -0.115. The van der Waals surface area contributed by atoms with Gasteiger partial charge in [0, 0.05) is 25.9 Å². The van der Waals surface area contributed by atoms with Crippen LogP contribution in [0.25, 0.3) is 0 Å². The molecule has 158 valence electrons. The van der Waals surface area contributed by atoms with E-state index in [0.717, 1.165) is 0 Å². The Bertz CT molecular complexity index is 850. The molecule has 0 aliphatic carbocycles. The van der Waals surface area contributed by atoms with Gasteiger partial charge in [0.1, 0.15) is 23.2 Å². The third-order valence-corrected chi connectivity index (χ3v) is 7.28. The number of piperidine rings is 1. The average molecular weight is 424 g/mol. The number of sulfonamides is 1. The molecule has 1 aromatic rings. The fourth-order valence-corrected chi connectivity index (χ4v) is 5.62. The first kappa shape index (κ1) is 21.4. The third-order valence-electron chi connectivity index (χ3n) is 5.23. The molecule has 2 fully saturated rings. The molecule has 2 saturated heterocycles. The minimum atomic E-state index is -3.69. The van der Waals surface area contributed by atoms with Crippen LogP contribution in [-0.2, 0) is 19.5 Å². The molecule has 0 spiro atoms. The standard InChI is InChI=1S/C19H24N2O7S/c20-13-15-1-3-16(4-2-15)27-17-5-9-21(10-6-17)29(24,25)14-19(28-18(22)23)7-11-26-12-8-19/h1-4,17H,5-12,14H2,(H,22,23). The lowest BCUT2D eigenvalue weighted by molar-refractivity contribution is -0.0726. The van der Waals surface area contributed by atoms with Crippen molar-refractivity contribution in [3.8, 4) is 11.8 Å². The first-order valence-electron chi connectivity index (χ1n) is 9.46. The Balaban J connectivity index is 1.58. The molecular formula is C19H24N2O7S. The maximum atomic E-state index is 12.9. The first-order chi connectivity index (χ1) is 13.8. The van der Waals surface area contributed by atoms with Crippen LogP contribution >= 0.6 is 0 Å². The number of nitriles is 1. The zero-order chi connectivity index (χ0) is 20.9. The van der Waals surface area contributed by atoms with E-state index in [-0.39, 0.29) is 37.9 Å². The smallest absolute Gasteiger partial charge is 0.490 e. The number of carboxylic acid groups (broad SMARTS) is 1. The number of benzene rings is 1. The summed E-state index contributed by atoms with van der Waals surface area (Å²) in [5, 5.41) is 17.9. The minimum absolute atomic E-state index is 0.123. The summed E-state index contributed by atoms with van der Waals surface area (Å²) in [7, 11) is -3.69. The van der Waals surface area contributed by atoms with Crippen LogP contribution in [0.3, 0.4) is 0 Å². The highest BCUT2D eigenvalue weighted by Gasteiger charge is 2.43. The second kappa shape index (κ2) is 8.98. The lowest BCUT2D eigenvalue weighted by Gasteiger charge is -2.38. The minimum Gasteiger partial charge on any atom is -0.490 e. The highest BCUT2D eigenvalue weighted by atomic mass is 32.2. The van der Waals surface area contributed by atoms with Gasteiger partial charge in [-0.25, -0.2) is 17.5 Å². The topological polar surface area (TPSA) is 126 Å². The van der Waals surface area contributed by atoms with Crippen LogP contribution in [-0.4, -0.2) is 67.7 Å². The maximum Gasteiger partial charge on any atom is 0.506 e. The first-order valence-corrected chi connectivity index (χ1v) is 11.1. The van der Waals surface area contributed by atoms with Gasteiger partial charge in [0.2, 0.25) is 10.0 Å². The predicted octanol–water partition coefficient (Wildman–Crippen LogP) is 1.98. The lowest BCUT2D eigenvalue weighted by Crippen LogP contribution is -2.51. The highest BCUT2D eigenvalue weighted by molar-refractivity contribution is 7.89. The second-order valence-electron chi connectivity index (χ2n) is 7.27. The zero-order valence-electron chi connectivity index (χ0n) is 16.0. The Labute approximate surface area is 169 Å². The second-order valence-corrected chi connectivity index (χ2v) is 9.24. The van der Waals surface area contributed by atoms with Gasteiger partial charge in [0.05, 0.1) is 24.8 Å². The summed E-state index contributed by atoms with van der Waals surface area (Å²) >= 11 is 0. The van der Waals surface area contributed by atoms with Crippen molar-refractivity contribution < 1.29 is 32.5 Å². The van der Waals surface area contributed by atoms with Crippen LogP contribution in [0.4, 0.5) is 4.79 Å². The molecule has 0 radical (unpaired) electrons. The fraction of sp³-hybridized carbons (Fsp3) is 0.579. The molecule has 0 amide bonds. The Morgan fingerprint density at radius 1 is 1.24 bits per heavy atom. The molecule has 0 saturated carbocycles. The van der Waals surface area contributed by atoms with Crippen molar-refractivity contribution in [2.75, 3.05) is 32.1 Å². The number of hydrogen-bond donors (Lipinski definition) is 1. The van der Waals surface area contributed by atoms with E-state index >= 15 is 0 Å². The van der Waals surface area contributed by atoms with Gasteiger partial charge in [-0.2, -0.15) is 5.26 Å². The van der Waals surface area contributed by atoms with Gasteiger partial charge in [-0.1, -0.05) is 0 Å². The Morgan fingerprint density at radius 2 is 1.86 bits per heavy atom. The molecule has 2 heterocycles. The van der Waals surface area contributed by atoms with Crippen LogP contribution < -0.4 is 4.74 Å². The van der Waals surface area contributed by atoms with Gasteiger partial charge in [-0.05, 0) is 37.1 Å². The quantitative estimate of drug-likeness (QED) is 0.687. The molecule has 1 N–H and O–H groups in total. The molecule has 3 rings (SSSR count). The number of nitrogens with zero attached hydrogens (tertiary/aromatic N) is 2. The third kappa shape index (κ3) is 5.59. The molecule has 0 unspecified atom stereocenters. The molecule has 9 nitrogen and oxygen atoms in total. The van der Waals surface area contributed by atoms with E-state index in [2.05, 4.69) is 0 Å². The van der Waals surface area contributed by atoms with Crippen molar-refractivity contribution in [1.82, 2.24) is 4.31 Å². The van der Waals surface area contributed by atoms with E-state index < -0.39 is 21.8 Å². The van der Waals surface area contributed by atoms with Crippen molar-refractivity contribution in [2.24, 2.45) is 0 Å². The van der Waals surface area contributed by atoms with E-state index in [0.29, 0.717) is 37.2 Å². The molecule has 0 bridgehead atoms. The van der Waals surface area contributed by atoms with E-state index in [1.54, 1.807) is 24.3 Å². The van der Waals surface area contributed by atoms with E-state index in [9.17, 15) is 13.2 Å². The number of rotatable bonds is 6. The normalized spacial score (nSPS) is 20.5. The Morgan fingerprint density at radius 3 is 2.41 bits per heavy atom. The van der Waals surface area contributed by atoms with E-state index in [1.165, 1.54) is 4.31 Å². The number of hydrogen-bond acceptors (Lipinski definition) is 7. The van der Waals surface area contributed by atoms with Gasteiger partial charge >= 0.3 is 6.16 Å². The zero-order valence-corrected chi connectivity index (χ0v) is 16.8. The predicted molar refractivity (Wildman–Crippen MR) is 102 cm³/mol. The Hall–Kier alpha value is -2.35. The van der Waals surface area contributed by atoms with Gasteiger partial charge in [0.25, 0.3) is 0 Å².